The maximum atomic E-state index is 13.0. The Bertz CT molecular complexity index is 1290. The van der Waals surface area contributed by atoms with E-state index in [1.807, 2.05) is 133 Å². The molecule has 5 nitrogen and oxygen atoms in total. The van der Waals surface area contributed by atoms with Gasteiger partial charge in [-0.25, -0.2) is 4.79 Å². The molecule has 3 atom stereocenters. The van der Waals surface area contributed by atoms with Crippen molar-refractivity contribution in [3.8, 4) is 0 Å². The molecular weight excluding hydrogens is 566 g/mol. The maximum Gasteiger partial charge on any atom is 0.408 e. The van der Waals surface area contributed by atoms with Crippen molar-refractivity contribution in [2.45, 2.75) is 38.1 Å². The van der Waals surface area contributed by atoms with Gasteiger partial charge in [0.1, 0.15) is 12.7 Å². The molecule has 4 rings (SSSR count). The first-order valence-electron chi connectivity index (χ1n) is 13.3. The minimum atomic E-state index is -0.537. The predicted octanol–water partition coefficient (Wildman–Crippen LogP) is 7.56. The molecule has 4 aromatic rings. The van der Waals surface area contributed by atoms with E-state index in [1.54, 1.807) is 0 Å². The summed E-state index contributed by atoms with van der Waals surface area (Å²) in [4.78, 5) is 13.0. The highest BCUT2D eigenvalue weighted by atomic mass is 79.9. The second-order valence-electron chi connectivity index (χ2n) is 9.25. The molecule has 206 valence electrons. The van der Waals surface area contributed by atoms with Crippen LogP contribution >= 0.6 is 15.9 Å². The number of amides is 1. The van der Waals surface area contributed by atoms with Gasteiger partial charge in [0.25, 0.3) is 0 Å². The third-order valence-corrected chi connectivity index (χ3v) is 6.90. The van der Waals surface area contributed by atoms with Crippen LogP contribution in [0.3, 0.4) is 0 Å². The fourth-order valence-corrected chi connectivity index (χ4v) is 4.69. The van der Waals surface area contributed by atoms with Crippen molar-refractivity contribution in [3.05, 3.63) is 150 Å². The quantitative estimate of drug-likeness (QED) is 0.152. The van der Waals surface area contributed by atoms with Crippen LogP contribution in [0.4, 0.5) is 4.79 Å². The molecule has 0 aliphatic heterocycles. The van der Waals surface area contributed by atoms with E-state index in [0.717, 1.165) is 22.3 Å². The summed E-state index contributed by atoms with van der Waals surface area (Å²) in [6.45, 7) is 0.944. The fourth-order valence-electron chi connectivity index (χ4n) is 4.13. The molecule has 0 saturated heterocycles. The maximum absolute atomic E-state index is 13.0. The average Bonchev–Trinajstić information content (AvgIpc) is 3.02. The van der Waals surface area contributed by atoms with Crippen LogP contribution in [0.1, 0.15) is 22.3 Å². The summed E-state index contributed by atoms with van der Waals surface area (Å²) in [6, 6.07) is 39.0. The lowest BCUT2D eigenvalue weighted by Crippen LogP contribution is -2.50. The number of carbonyl (C=O) groups is 1. The largest absolute Gasteiger partial charge is 0.445 e. The van der Waals surface area contributed by atoms with Crippen LogP contribution in [0.15, 0.2) is 127 Å². The minimum absolute atomic E-state index is 0.170. The van der Waals surface area contributed by atoms with Gasteiger partial charge in [0.05, 0.1) is 25.4 Å². The van der Waals surface area contributed by atoms with E-state index < -0.39 is 18.2 Å². The Hall–Kier alpha value is -3.71. The standard InChI is InChI=1S/C34H34BrNO4/c35-23-32(38-24-28-15-7-2-8-16-28)33(39-25-29-17-9-3-10-18-29)31(22-21-27-13-5-1-6-14-27)36-34(37)40-26-30-19-11-4-12-20-30/h1-22,31-33H,23-26H2,(H,36,37)/b22-21-/t31-,32-,33-/m1/s1. The number of carbonyl (C=O) groups excluding carboxylic acids is 1. The van der Waals surface area contributed by atoms with Gasteiger partial charge in [0.15, 0.2) is 0 Å². The molecule has 0 unspecified atom stereocenters. The van der Waals surface area contributed by atoms with Gasteiger partial charge in [-0.2, -0.15) is 0 Å². The fraction of sp³-hybridized carbons (Fsp3) is 0.206. The lowest BCUT2D eigenvalue weighted by Gasteiger charge is -2.32. The summed E-state index contributed by atoms with van der Waals surface area (Å²) < 4.78 is 18.5. The summed E-state index contributed by atoms with van der Waals surface area (Å²) >= 11 is 3.64. The van der Waals surface area contributed by atoms with Crippen molar-refractivity contribution in [2.75, 3.05) is 5.33 Å². The highest BCUT2D eigenvalue weighted by Crippen LogP contribution is 2.19. The van der Waals surface area contributed by atoms with Crippen molar-refractivity contribution in [3.63, 3.8) is 0 Å². The summed E-state index contributed by atoms with van der Waals surface area (Å²) in [5.41, 5.74) is 4.01. The topological polar surface area (TPSA) is 56.8 Å². The summed E-state index contributed by atoms with van der Waals surface area (Å²) in [6.07, 6.45) is 2.49. The molecule has 40 heavy (non-hydrogen) atoms. The first-order chi connectivity index (χ1) is 19.7. The van der Waals surface area contributed by atoms with Gasteiger partial charge >= 0.3 is 6.09 Å². The SMILES string of the molecule is O=C(N[C@H](/C=C\c1ccccc1)[C@@H](OCc1ccccc1)[C@@H](CBr)OCc1ccccc1)OCc1ccccc1. The molecule has 0 radical (unpaired) electrons. The van der Waals surface area contributed by atoms with Gasteiger partial charge in [-0.05, 0) is 22.3 Å². The average molecular weight is 601 g/mol. The number of hydrogen-bond donors (Lipinski definition) is 1. The van der Waals surface area contributed by atoms with E-state index in [4.69, 9.17) is 14.2 Å². The number of benzene rings is 4. The molecule has 0 spiro atoms. The van der Waals surface area contributed by atoms with Crippen LogP contribution in [-0.4, -0.2) is 29.7 Å². The number of rotatable bonds is 14. The number of hydrogen-bond acceptors (Lipinski definition) is 4. The molecule has 0 bridgehead atoms. The van der Waals surface area contributed by atoms with Crippen molar-refractivity contribution in [2.24, 2.45) is 0 Å². The van der Waals surface area contributed by atoms with Gasteiger partial charge < -0.3 is 19.5 Å². The van der Waals surface area contributed by atoms with E-state index in [9.17, 15) is 4.79 Å². The Labute approximate surface area is 244 Å². The molecule has 1 amide bonds. The first kappa shape index (κ1) is 29.3. The number of nitrogens with one attached hydrogen (secondary N) is 1. The number of ether oxygens (including phenoxy) is 3. The van der Waals surface area contributed by atoms with E-state index in [0.29, 0.717) is 18.5 Å². The van der Waals surface area contributed by atoms with Gasteiger partial charge in [-0.3, -0.25) is 0 Å². The molecule has 6 heteroatoms. The van der Waals surface area contributed by atoms with Crippen LogP contribution in [0.5, 0.6) is 0 Å². The number of alkyl halides is 1. The Morgan fingerprint density at radius 1 is 0.675 bits per heavy atom. The minimum Gasteiger partial charge on any atom is -0.445 e. The normalized spacial score (nSPS) is 13.4. The lowest BCUT2D eigenvalue weighted by atomic mass is 10.0. The summed E-state index contributed by atoms with van der Waals surface area (Å²) in [5.74, 6) is 0. The van der Waals surface area contributed by atoms with Crippen molar-refractivity contribution in [1.82, 2.24) is 5.32 Å². The van der Waals surface area contributed by atoms with Crippen LogP contribution in [0.2, 0.25) is 0 Å². The van der Waals surface area contributed by atoms with E-state index in [1.165, 1.54) is 0 Å². The van der Waals surface area contributed by atoms with Crippen molar-refractivity contribution >= 4 is 28.1 Å². The Balaban J connectivity index is 1.56. The van der Waals surface area contributed by atoms with Gasteiger partial charge in [0, 0.05) is 5.33 Å². The molecule has 4 aromatic carbocycles. The van der Waals surface area contributed by atoms with E-state index in [2.05, 4.69) is 21.2 Å². The smallest absolute Gasteiger partial charge is 0.408 e. The molecule has 1 N–H and O–H groups in total. The van der Waals surface area contributed by atoms with Crippen molar-refractivity contribution < 1.29 is 19.0 Å². The van der Waals surface area contributed by atoms with Gasteiger partial charge in [0.2, 0.25) is 0 Å². The molecular formula is C34H34BrNO4. The molecule has 0 saturated carbocycles. The zero-order chi connectivity index (χ0) is 27.8. The monoisotopic (exact) mass is 599 g/mol. The van der Waals surface area contributed by atoms with Crippen LogP contribution in [0, 0.1) is 0 Å². The second kappa shape index (κ2) is 16.4. The Kier molecular flexibility index (Phi) is 12.0. The molecule has 0 heterocycles. The number of halogens is 1. The van der Waals surface area contributed by atoms with Crippen LogP contribution in [-0.2, 0) is 34.0 Å². The summed E-state index contributed by atoms with van der Waals surface area (Å²) in [5, 5.41) is 3.54. The summed E-state index contributed by atoms with van der Waals surface area (Å²) in [7, 11) is 0. The van der Waals surface area contributed by atoms with Gasteiger partial charge in [-0.1, -0.05) is 149 Å². The highest BCUT2D eigenvalue weighted by Gasteiger charge is 2.31. The van der Waals surface area contributed by atoms with Gasteiger partial charge in [-0.15, -0.1) is 0 Å². The van der Waals surface area contributed by atoms with Crippen LogP contribution < -0.4 is 5.32 Å². The lowest BCUT2D eigenvalue weighted by molar-refractivity contribution is -0.0827. The van der Waals surface area contributed by atoms with Crippen LogP contribution in [0.25, 0.3) is 6.08 Å². The molecule has 0 fully saturated rings. The Morgan fingerprint density at radius 2 is 1.15 bits per heavy atom. The second-order valence-corrected chi connectivity index (χ2v) is 9.90. The molecule has 0 aliphatic carbocycles. The third-order valence-electron chi connectivity index (χ3n) is 6.26. The molecule has 0 aromatic heterocycles. The Morgan fingerprint density at radius 3 is 1.68 bits per heavy atom. The zero-order valence-electron chi connectivity index (χ0n) is 22.3. The predicted molar refractivity (Wildman–Crippen MR) is 163 cm³/mol. The first-order valence-corrected chi connectivity index (χ1v) is 14.4. The van der Waals surface area contributed by atoms with E-state index in [-0.39, 0.29) is 12.7 Å². The zero-order valence-corrected chi connectivity index (χ0v) is 23.9. The highest BCUT2D eigenvalue weighted by molar-refractivity contribution is 9.09. The van der Waals surface area contributed by atoms with E-state index >= 15 is 0 Å². The number of alkyl carbamates (subject to hydrolysis) is 1. The van der Waals surface area contributed by atoms with Crippen molar-refractivity contribution in [1.29, 1.82) is 0 Å². The third kappa shape index (κ3) is 9.79. The molecule has 0 aliphatic rings.